The molecule has 0 saturated carbocycles. The Hall–Kier alpha value is -2.83. The van der Waals surface area contributed by atoms with Crippen molar-refractivity contribution >= 4 is 17.4 Å². The molecule has 122 valence electrons. The lowest BCUT2D eigenvalue weighted by atomic mass is 10.2. The predicted octanol–water partition coefficient (Wildman–Crippen LogP) is 2.38. The number of benzene rings is 1. The van der Waals surface area contributed by atoms with E-state index in [2.05, 4.69) is 20.6 Å². The van der Waals surface area contributed by atoms with Gasteiger partial charge in [-0.05, 0) is 18.6 Å². The number of amides is 1. The van der Waals surface area contributed by atoms with E-state index >= 15 is 0 Å². The number of nitrogens with zero attached hydrogens (tertiary/aromatic N) is 2. The summed E-state index contributed by atoms with van der Waals surface area (Å²) in [5.74, 6) is 1.55. The van der Waals surface area contributed by atoms with E-state index in [4.69, 9.17) is 9.47 Å². The van der Waals surface area contributed by atoms with Crippen LogP contribution in [0.5, 0.6) is 11.5 Å². The number of carbonyl (C=O) groups is 1. The van der Waals surface area contributed by atoms with Gasteiger partial charge in [0.25, 0.3) is 5.91 Å². The first-order valence-corrected chi connectivity index (χ1v) is 7.27. The molecular weight excluding hydrogens is 296 g/mol. The molecule has 0 spiro atoms. The number of nitrogens with one attached hydrogen (secondary N) is 2. The highest BCUT2D eigenvalue weighted by Gasteiger charge is 2.09. The molecule has 2 N–H and O–H groups in total. The van der Waals surface area contributed by atoms with Crippen LogP contribution in [0.1, 0.15) is 23.8 Å². The molecule has 0 bridgehead atoms. The van der Waals surface area contributed by atoms with E-state index in [-0.39, 0.29) is 5.91 Å². The summed E-state index contributed by atoms with van der Waals surface area (Å²) in [6.07, 6.45) is 2.22. The first-order valence-electron chi connectivity index (χ1n) is 7.27. The van der Waals surface area contributed by atoms with Gasteiger partial charge in [-0.15, -0.1) is 0 Å². The molecule has 0 atom stereocenters. The molecule has 1 amide bonds. The molecular formula is C16H20N4O3. The summed E-state index contributed by atoms with van der Waals surface area (Å²) in [4.78, 5) is 20.0. The monoisotopic (exact) mass is 316 g/mol. The minimum absolute atomic E-state index is 0.218. The van der Waals surface area contributed by atoms with Crippen LogP contribution >= 0.6 is 0 Å². The molecule has 7 nitrogen and oxygen atoms in total. The van der Waals surface area contributed by atoms with E-state index in [9.17, 15) is 4.79 Å². The van der Waals surface area contributed by atoms with Crippen LogP contribution in [0, 0.1) is 0 Å². The Kier molecular flexibility index (Phi) is 5.74. The number of methoxy groups -OCH3 is 2. The normalized spacial score (nSPS) is 10.0. The van der Waals surface area contributed by atoms with Crippen LogP contribution in [-0.2, 0) is 0 Å². The second kappa shape index (κ2) is 7.98. The van der Waals surface area contributed by atoms with Gasteiger partial charge in [-0.1, -0.05) is 6.92 Å². The first-order chi connectivity index (χ1) is 11.2. The zero-order valence-corrected chi connectivity index (χ0v) is 13.4. The topological polar surface area (TPSA) is 85.4 Å². The Morgan fingerprint density at radius 1 is 1.13 bits per heavy atom. The third kappa shape index (κ3) is 4.32. The molecule has 1 aromatic heterocycles. The summed E-state index contributed by atoms with van der Waals surface area (Å²) >= 11 is 0. The average Bonchev–Trinajstić information content (AvgIpc) is 2.59. The SMILES string of the molecule is CCCNC(=O)c1cc(Nc2ccc(OC)c(OC)c2)ncn1. The number of anilines is 2. The van der Waals surface area contributed by atoms with Crippen LogP contribution in [0.25, 0.3) is 0 Å². The molecule has 0 aliphatic carbocycles. The van der Waals surface area contributed by atoms with Crippen molar-refractivity contribution in [2.45, 2.75) is 13.3 Å². The molecule has 7 heteroatoms. The van der Waals surface area contributed by atoms with Gasteiger partial charge in [0.05, 0.1) is 14.2 Å². The maximum absolute atomic E-state index is 11.9. The largest absolute Gasteiger partial charge is 0.493 e. The Bertz CT molecular complexity index is 676. The van der Waals surface area contributed by atoms with E-state index in [1.54, 1.807) is 32.4 Å². The van der Waals surface area contributed by atoms with Gasteiger partial charge >= 0.3 is 0 Å². The van der Waals surface area contributed by atoms with Crippen molar-refractivity contribution in [2.24, 2.45) is 0 Å². The summed E-state index contributed by atoms with van der Waals surface area (Å²) < 4.78 is 10.5. The number of carbonyl (C=O) groups excluding carboxylic acids is 1. The van der Waals surface area contributed by atoms with Crippen molar-refractivity contribution in [3.63, 3.8) is 0 Å². The van der Waals surface area contributed by atoms with Gasteiger partial charge in [0.2, 0.25) is 0 Å². The average molecular weight is 316 g/mol. The van der Waals surface area contributed by atoms with E-state index in [1.807, 2.05) is 13.0 Å². The molecule has 2 aromatic rings. The first kappa shape index (κ1) is 16.5. The highest BCUT2D eigenvalue weighted by Crippen LogP contribution is 2.30. The van der Waals surface area contributed by atoms with Crippen LogP contribution in [0.2, 0.25) is 0 Å². The summed E-state index contributed by atoms with van der Waals surface area (Å²) in [5.41, 5.74) is 1.08. The van der Waals surface area contributed by atoms with Crippen molar-refractivity contribution in [1.82, 2.24) is 15.3 Å². The summed E-state index contributed by atoms with van der Waals surface area (Å²) in [7, 11) is 3.15. The fourth-order valence-electron chi connectivity index (χ4n) is 1.94. The molecule has 0 radical (unpaired) electrons. The number of aromatic nitrogens is 2. The standard InChI is InChI=1S/C16H20N4O3/c1-4-7-17-16(21)12-9-15(19-10-18-12)20-11-5-6-13(22-2)14(8-11)23-3/h5-6,8-10H,4,7H2,1-3H3,(H,17,21)(H,18,19,20). The molecule has 23 heavy (non-hydrogen) atoms. The van der Waals surface area contributed by atoms with Crippen LogP contribution in [0.3, 0.4) is 0 Å². The smallest absolute Gasteiger partial charge is 0.270 e. The Morgan fingerprint density at radius 3 is 2.61 bits per heavy atom. The fourth-order valence-corrected chi connectivity index (χ4v) is 1.94. The molecule has 0 saturated heterocycles. The number of hydrogen-bond donors (Lipinski definition) is 2. The third-order valence-corrected chi connectivity index (χ3v) is 3.09. The van der Waals surface area contributed by atoms with Crippen LogP contribution < -0.4 is 20.1 Å². The lowest BCUT2D eigenvalue weighted by molar-refractivity contribution is 0.0948. The molecule has 0 aliphatic heterocycles. The predicted molar refractivity (Wildman–Crippen MR) is 87.5 cm³/mol. The molecule has 1 aromatic carbocycles. The van der Waals surface area contributed by atoms with Crippen molar-refractivity contribution in [3.05, 3.63) is 36.3 Å². The second-order valence-electron chi connectivity index (χ2n) is 4.74. The van der Waals surface area contributed by atoms with Crippen LogP contribution in [0.4, 0.5) is 11.5 Å². The van der Waals surface area contributed by atoms with Gasteiger partial charge < -0.3 is 20.1 Å². The lowest BCUT2D eigenvalue weighted by Crippen LogP contribution is -2.25. The van der Waals surface area contributed by atoms with Gasteiger partial charge in [-0.25, -0.2) is 9.97 Å². The highest BCUT2D eigenvalue weighted by molar-refractivity contribution is 5.92. The van der Waals surface area contributed by atoms with Gasteiger partial charge in [-0.3, -0.25) is 4.79 Å². The van der Waals surface area contributed by atoms with Crippen LogP contribution in [-0.4, -0.2) is 36.6 Å². The van der Waals surface area contributed by atoms with E-state index in [0.717, 1.165) is 12.1 Å². The maximum Gasteiger partial charge on any atom is 0.270 e. The Balaban J connectivity index is 2.15. The van der Waals surface area contributed by atoms with E-state index in [0.29, 0.717) is 29.6 Å². The minimum atomic E-state index is -0.218. The third-order valence-electron chi connectivity index (χ3n) is 3.09. The Morgan fingerprint density at radius 2 is 1.91 bits per heavy atom. The van der Waals surface area contributed by atoms with Crippen LogP contribution in [0.15, 0.2) is 30.6 Å². The van der Waals surface area contributed by atoms with E-state index < -0.39 is 0 Å². The van der Waals surface area contributed by atoms with Crippen molar-refractivity contribution in [1.29, 1.82) is 0 Å². The van der Waals surface area contributed by atoms with Gasteiger partial charge in [0.15, 0.2) is 11.5 Å². The summed E-state index contributed by atoms with van der Waals surface area (Å²) in [6, 6.07) is 7.01. The Labute approximate surface area is 135 Å². The van der Waals surface area contributed by atoms with Gasteiger partial charge in [0.1, 0.15) is 17.8 Å². The molecule has 0 fully saturated rings. The highest BCUT2D eigenvalue weighted by atomic mass is 16.5. The van der Waals surface area contributed by atoms with E-state index in [1.165, 1.54) is 6.33 Å². The second-order valence-corrected chi connectivity index (χ2v) is 4.74. The molecule has 0 unspecified atom stereocenters. The summed E-state index contributed by atoms with van der Waals surface area (Å²) in [5, 5.41) is 5.89. The van der Waals surface area contributed by atoms with Gasteiger partial charge in [-0.2, -0.15) is 0 Å². The zero-order valence-electron chi connectivity index (χ0n) is 13.4. The number of hydrogen-bond acceptors (Lipinski definition) is 6. The summed E-state index contributed by atoms with van der Waals surface area (Å²) in [6.45, 7) is 2.60. The zero-order chi connectivity index (χ0) is 16.7. The number of rotatable bonds is 7. The van der Waals surface area contributed by atoms with Crippen molar-refractivity contribution < 1.29 is 14.3 Å². The van der Waals surface area contributed by atoms with Crippen molar-refractivity contribution in [2.75, 3.05) is 26.1 Å². The molecule has 1 heterocycles. The molecule has 0 aliphatic rings. The quantitative estimate of drug-likeness (QED) is 0.816. The van der Waals surface area contributed by atoms with Gasteiger partial charge in [0, 0.05) is 24.4 Å². The maximum atomic E-state index is 11.9. The fraction of sp³-hybridized carbons (Fsp3) is 0.312. The van der Waals surface area contributed by atoms with Crippen molar-refractivity contribution in [3.8, 4) is 11.5 Å². The minimum Gasteiger partial charge on any atom is -0.493 e. The number of ether oxygens (including phenoxy) is 2. The lowest BCUT2D eigenvalue weighted by Gasteiger charge is -2.11. The molecule has 2 rings (SSSR count).